The fourth-order valence-electron chi connectivity index (χ4n) is 3.93. The van der Waals surface area contributed by atoms with E-state index < -0.39 is 11.7 Å². The van der Waals surface area contributed by atoms with Gasteiger partial charge in [0.25, 0.3) is 5.91 Å². The summed E-state index contributed by atoms with van der Waals surface area (Å²) in [4.78, 5) is 27.3. The van der Waals surface area contributed by atoms with Crippen molar-refractivity contribution in [2.75, 3.05) is 30.8 Å². The maximum Gasteiger partial charge on any atom is 0.412 e. The predicted molar refractivity (Wildman–Crippen MR) is 133 cm³/mol. The van der Waals surface area contributed by atoms with Crippen LogP contribution in [0.1, 0.15) is 56.0 Å². The van der Waals surface area contributed by atoms with Gasteiger partial charge in [-0.25, -0.2) is 4.79 Å². The molecule has 0 saturated carbocycles. The first-order valence-corrected chi connectivity index (χ1v) is 11.6. The largest absolute Gasteiger partial charge is 0.444 e. The number of likely N-dealkylation sites (tertiary alicyclic amines) is 1. The quantitative estimate of drug-likeness (QED) is 0.498. The molecule has 2 aromatic rings. The number of para-hydroxylation sites is 2. The average Bonchev–Trinajstić information content (AvgIpc) is 3.16. The van der Waals surface area contributed by atoms with Crippen LogP contribution in [0.15, 0.2) is 48.5 Å². The molecule has 1 aliphatic heterocycles. The number of amides is 2. The third-order valence-corrected chi connectivity index (χ3v) is 5.68. The van der Waals surface area contributed by atoms with Crippen molar-refractivity contribution in [2.24, 2.45) is 0 Å². The molecule has 1 fully saturated rings. The minimum atomic E-state index is -0.605. The number of benzene rings is 2. The average molecular weight is 453 g/mol. The van der Waals surface area contributed by atoms with E-state index in [0.717, 1.165) is 25.1 Å². The molecule has 3 rings (SSSR count). The van der Waals surface area contributed by atoms with Crippen molar-refractivity contribution in [1.29, 1.82) is 0 Å². The molecule has 0 aromatic heterocycles. The van der Waals surface area contributed by atoms with Gasteiger partial charge in [-0.05, 0) is 90.0 Å². The smallest absolute Gasteiger partial charge is 0.412 e. The molecule has 7 nitrogen and oxygen atoms in total. The molecule has 0 spiro atoms. The number of hydrogen-bond donors (Lipinski definition) is 3. The zero-order valence-corrected chi connectivity index (χ0v) is 20.1. The second kappa shape index (κ2) is 11.3. The van der Waals surface area contributed by atoms with E-state index in [2.05, 4.69) is 27.9 Å². The Bertz CT molecular complexity index is 937. The summed E-state index contributed by atoms with van der Waals surface area (Å²) in [5, 5.41) is 9.07. The van der Waals surface area contributed by atoms with Gasteiger partial charge in [-0.15, -0.1) is 0 Å². The predicted octanol–water partition coefficient (Wildman–Crippen LogP) is 4.86. The lowest BCUT2D eigenvalue weighted by molar-refractivity contribution is 0.0635. The Balaban J connectivity index is 1.51. The topological polar surface area (TPSA) is 82.7 Å². The fraction of sp³-hybridized carbons (Fsp3) is 0.462. The Morgan fingerprint density at radius 3 is 2.30 bits per heavy atom. The first-order chi connectivity index (χ1) is 15.7. The third-order valence-electron chi connectivity index (χ3n) is 5.68. The van der Waals surface area contributed by atoms with Gasteiger partial charge in [0.2, 0.25) is 0 Å². The van der Waals surface area contributed by atoms with Gasteiger partial charge in [-0.1, -0.05) is 24.3 Å². The van der Waals surface area contributed by atoms with E-state index in [9.17, 15) is 9.59 Å². The Labute approximate surface area is 196 Å². The minimum Gasteiger partial charge on any atom is -0.444 e. The number of carbonyl (C=O) groups is 2. The summed E-state index contributed by atoms with van der Waals surface area (Å²) in [5.74, 6) is -0.239. The molecule has 1 heterocycles. The highest BCUT2D eigenvalue weighted by molar-refractivity contribution is 6.06. The van der Waals surface area contributed by atoms with Crippen LogP contribution in [0.3, 0.4) is 0 Å². The highest BCUT2D eigenvalue weighted by atomic mass is 16.6. The zero-order valence-electron chi connectivity index (χ0n) is 20.1. The van der Waals surface area contributed by atoms with Crippen molar-refractivity contribution in [1.82, 2.24) is 10.2 Å². The second-order valence-electron chi connectivity index (χ2n) is 9.57. The van der Waals surface area contributed by atoms with E-state index in [1.54, 1.807) is 45.0 Å². The Morgan fingerprint density at radius 2 is 1.70 bits per heavy atom. The third kappa shape index (κ3) is 7.87. The molecule has 1 aliphatic rings. The zero-order chi connectivity index (χ0) is 23.8. The lowest BCUT2D eigenvalue weighted by Gasteiger charge is -2.20. The van der Waals surface area contributed by atoms with Crippen LogP contribution in [0.2, 0.25) is 0 Å². The highest BCUT2D eigenvalue weighted by Crippen LogP contribution is 2.23. The summed E-state index contributed by atoms with van der Waals surface area (Å²) >= 11 is 0. The van der Waals surface area contributed by atoms with E-state index in [1.165, 1.54) is 19.4 Å². The number of anilines is 2. The van der Waals surface area contributed by atoms with Crippen LogP contribution in [-0.2, 0) is 11.3 Å². The maximum atomic E-state index is 12.8. The van der Waals surface area contributed by atoms with Gasteiger partial charge in [0.15, 0.2) is 0 Å². The van der Waals surface area contributed by atoms with Crippen LogP contribution in [-0.4, -0.2) is 48.7 Å². The number of nitrogens with one attached hydrogen (secondary N) is 3. The van der Waals surface area contributed by atoms with E-state index in [0.29, 0.717) is 23.0 Å². The highest BCUT2D eigenvalue weighted by Gasteiger charge is 2.20. The minimum absolute atomic E-state index is 0.239. The first-order valence-electron chi connectivity index (χ1n) is 11.6. The van der Waals surface area contributed by atoms with Gasteiger partial charge in [-0.3, -0.25) is 10.1 Å². The molecule has 2 aromatic carbocycles. The Hall–Kier alpha value is -2.90. The standard InChI is InChI=1S/C26H36N4O3/c1-26(2,3)33-25(32)29-23-10-6-5-9-22(23)28-24(31)20-13-11-19(12-14-20)18-27-16-15-21-8-7-17-30(21)4/h5-6,9-14,21,27H,7-8,15-18H2,1-4H3,(H,28,31)(H,29,32). The molecular formula is C26H36N4O3. The van der Waals surface area contributed by atoms with Gasteiger partial charge in [0, 0.05) is 18.2 Å². The van der Waals surface area contributed by atoms with Crippen LogP contribution in [0.25, 0.3) is 0 Å². The van der Waals surface area contributed by atoms with E-state index in [4.69, 9.17) is 4.74 Å². The van der Waals surface area contributed by atoms with Crippen LogP contribution in [0.5, 0.6) is 0 Å². The summed E-state index contributed by atoms with van der Waals surface area (Å²) in [7, 11) is 2.20. The molecule has 7 heteroatoms. The maximum absolute atomic E-state index is 12.8. The molecular weight excluding hydrogens is 416 g/mol. The molecule has 1 unspecified atom stereocenters. The van der Waals surface area contributed by atoms with Gasteiger partial charge >= 0.3 is 6.09 Å². The first kappa shape index (κ1) is 24.7. The number of rotatable bonds is 8. The summed E-state index contributed by atoms with van der Waals surface area (Å²) in [6.07, 6.45) is 3.18. The molecule has 33 heavy (non-hydrogen) atoms. The number of ether oxygens (including phenoxy) is 1. The number of nitrogens with zero attached hydrogens (tertiary/aromatic N) is 1. The van der Waals surface area contributed by atoms with Crippen molar-refractivity contribution < 1.29 is 14.3 Å². The summed E-state index contributed by atoms with van der Waals surface area (Å²) < 4.78 is 5.30. The molecule has 0 radical (unpaired) electrons. The molecule has 0 aliphatic carbocycles. The SMILES string of the molecule is CN1CCCC1CCNCc1ccc(C(=O)Nc2ccccc2NC(=O)OC(C)(C)C)cc1. The van der Waals surface area contributed by atoms with Gasteiger partial charge in [0.1, 0.15) is 5.60 Å². The monoisotopic (exact) mass is 452 g/mol. The van der Waals surface area contributed by atoms with Gasteiger partial charge in [0.05, 0.1) is 11.4 Å². The van der Waals surface area contributed by atoms with Crippen molar-refractivity contribution in [2.45, 2.75) is 58.2 Å². The van der Waals surface area contributed by atoms with Crippen LogP contribution in [0, 0.1) is 0 Å². The normalized spacial score (nSPS) is 16.4. The Kier molecular flexibility index (Phi) is 8.47. The molecule has 2 amide bonds. The van der Waals surface area contributed by atoms with E-state index in [-0.39, 0.29) is 5.91 Å². The molecule has 0 bridgehead atoms. The van der Waals surface area contributed by atoms with Crippen LogP contribution < -0.4 is 16.0 Å². The summed E-state index contributed by atoms with van der Waals surface area (Å²) in [5.41, 5.74) is 2.08. The second-order valence-corrected chi connectivity index (χ2v) is 9.57. The number of hydrogen-bond acceptors (Lipinski definition) is 5. The molecule has 178 valence electrons. The molecule has 1 atom stereocenters. The van der Waals surface area contributed by atoms with Gasteiger partial charge < -0.3 is 20.3 Å². The lowest BCUT2D eigenvalue weighted by atomic mass is 10.1. The van der Waals surface area contributed by atoms with Crippen molar-refractivity contribution >= 4 is 23.4 Å². The fourth-order valence-corrected chi connectivity index (χ4v) is 3.93. The van der Waals surface area contributed by atoms with Crippen LogP contribution in [0.4, 0.5) is 16.2 Å². The van der Waals surface area contributed by atoms with Crippen molar-refractivity contribution in [3.63, 3.8) is 0 Å². The van der Waals surface area contributed by atoms with Gasteiger partial charge in [-0.2, -0.15) is 0 Å². The van der Waals surface area contributed by atoms with Crippen molar-refractivity contribution in [3.8, 4) is 0 Å². The Morgan fingerprint density at radius 1 is 1.03 bits per heavy atom. The van der Waals surface area contributed by atoms with Crippen molar-refractivity contribution in [3.05, 3.63) is 59.7 Å². The summed E-state index contributed by atoms with van der Waals surface area (Å²) in [6, 6.07) is 15.3. The molecule has 1 saturated heterocycles. The summed E-state index contributed by atoms with van der Waals surface area (Å²) in [6.45, 7) is 8.37. The lowest BCUT2D eigenvalue weighted by Crippen LogP contribution is -2.29. The van der Waals surface area contributed by atoms with E-state index >= 15 is 0 Å². The van der Waals surface area contributed by atoms with E-state index in [1.807, 2.05) is 24.3 Å². The van der Waals surface area contributed by atoms with Crippen LogP contribution >= 0.6 is 0 Å². The molecule has 3 N–H and O–H groups in total. The number of carbonyl (C=O) groups excluding carboxylic acids is 2.